The first-order chi connectivity index (χ1) is 14.3. The Bertz CT molecular complexity index is 1020. The molecule has 0 radical (unpaired) electrons. The Kier molecular flexibility index (Phi) is 6.87. The van der Waals surface area contributed by atoms with Gasteiger partial charge in [-0.3, -0.25) is 0 Å². The number of alkyl carbamates (subject to hydrolysis) is 1. The van der Waals surface area contributed by atoms with Crippen LogP contribution >= 0.6 is 11.6 Å². The van der Waals surface area contributed by atoms with Gasteiger partial charge in [0.05, 0.1) is 12.6 Å². The van der Waals surface area contributed by atoms with Gasteiger partial charge < -0.3 is 19.4 Å². The van der Waals surface area contributed by atoms with Gasteiger partial charge in [-0.05, 0) is 57.4 Å². The van der Waals surface area contributed by atoms with E-state index in [1.807, 2.05) is 51.1 Å². The van der Waals surface area contributed by atoms with Crippen LogP contribution in [-0.2, 0) is 11.3 Å². The molecule has 160 valence electrons. The van der Waals surface area contributed by atoms with Crippen LogP contribution in [-0.4, -0.2) is 34.9 Å². The molecular weight excluding hydrogens is 402 g/mol. The zero-order valence-electron chi connectivity index (χ0n) is 17.9. The van der Waals surface area contributed by atoms with Crippen LogP contribution in [0, 0.1) is 0 Å². The first kappa shape index (κ1) is 22.0. The number of pyridine rings is 1. The Morgan fingerprint density at radius 1 is 1.23 bits per heavy atom. The van der Waals surface area contributed by atoms with E-state index in [0.29, 0.717) is 11.7 Å². The Morgan fingerprint density at radius 3 is 2.77 bits per heavy atom. The highest BCUT2D eigenvalue weighted by atomic mass is 35.5. The van der Waals surface area contributed by atoms with Gasteiger partial charge in [0.15, 0.2) is 0 Å². The second-order valence-electron chi connectivity index (χ2n) is 8.10. The van der Waals surface area contributed by atoms with Crippen LogP contribution in [0.5, 0.6) is 5.75 Å². The summed E-state index contributed by atoms with van der Waals surface area (Å²) in [5.74, 6) is 0.793. The fourth-order valence-corrected chi connectivity index (χ4v) is 3.57. The smallest absolute Gasteiger partial charge is 0.407 e. The quantitative estimate of drug-likeness (QED) is 0.388. The van der Waals surface area contributed by atoms with Crippen LogP contribution in [0.4, 0.5) is 4.79 Å². The molecule has 0 aliphatic rings. The first-order valence-electron chi connectivity index (χ1n) is 10.0. The number of amides is 1. The van der Waals surface area contributed by atoms with Crippen LogP contribution in [0.15, 0.2) is 42.7 Å². The number of ether oxygens (including phenoxy) is 2. The van der Waals surface area contributed by atoms with Gasteiger partial charge in [0, 0.05) is 36.4 Å². The highest BCUT2D eigenvalue weighted by Crippen LogP contribution is 2.35. The monoisotopic (exact) mass is 429 g/mol. The van der Waals surface area contributed by atoms with Gasteiger partial charge >= 0.3 is 6.09 Å². The number of nitrogens with zero attached hydrogens (tertiary/aromatic N) is 2. The SMILES string of the molecule is COc1cccc(-c2cn(CCCCNC(=O)OC(C)(C)C)c3ccnc(Cl)c23)c1. The lowest BCUT2D eigenvalue weighted by molar-refractivity contribution is 0.0527. The van der Waals surface area contributed by atoms with Crippen molar-refractivity contribution >= 4 is 28.6 Å². The minimum absolute atomic E-state index is 0.382. The number of aromatic nitrogens is 2. The van der Waals surface area contributed by atoms with Crippen molar-refractivity contribution in [1.82, 2.24) is 14.9 Å². The van der Waals surface area contributed by atoms with E-state index in [0.717, 1.165) is 47.2 Å². The van der Waals surface area contributed by atoms with Crippen molar-refractivity contribution in [3.8, 4) is 16.9 Å². The molecule has 0 aliphatic carbocycles. The Hall–Kier alpha value is -2.73. The highest BCUT2D eigenvalue weighted by Gasteiger charge is 2.16. The Labute approximate surface area is 182 Å². The Morgan fingerprint density at radius 2 is 2.03 bits per heavy atom. The summed E-state index contributed by atoms with van der Waals surface area (Å²) >= 11 is 6.45. The summed E-state index contributed by atoms with van der Waals surface area (Å²) in [6.45, 7) is 6.92. The minimum Gasteiger partial charge on any atom is -0.497 e. The number of aryl methyl sites for hydroxylation is 1. The molecule has 0 unspecified atom stereocenters. The van der Waals surface area contributed by atoms with Crippen molar-refractivity contribution in [2.45, 2.75) is 45.8 Å². The summed E-state index contributed by atoms with van der Waals surface area (Å²) in [5.41, 5.74) is 2.60. The summed E-state index contributed by atoms with van der Waals surface area (Å²) in [6, 6.07) is 9.89. The van der Waals surface area contributed by atoms with E-state index < -0.39 is 5.60 Å². The molecule has 2 aromatic heterocycles. The molecule has 3 aromatic rings. The van der Waals surface area contributed by atoms with Crippen molar-refractivity contribution in [3.63, 3.8) is 0 Å². The van der Waals surface area contributed by atoms with E-state index in [1.54, 1.807) is 13.3 Å². The van der Waals surface area contributed by atoms with Gasteiger partial charge in [-0.1, -0.05) is 23.7 Å². The zero-order valence-corrected chi connectivity index (χ0v) is 18.6. The van der Waals surface area contributed by atoms with Gasteiger partial charge in [-0.15, -0.1) is 0 Å². The molecule has 3 rings (SSSR count). The highest BCUT2D eigenvalue weighted by molar-refractivity contribution is 6.35. The number of unbranched alkanes of at least 4 members (excludes halogenated alkanes) is 1. The van der Waals surface area contributed by atoms with E-state index in [2.05, 4.69) is 21.1 Å². The fraction of sp³-hybridized carbons (Fsp3) is 0.391. The number of carbonyl (C=O) groups excluding carboxylic acids is 1. The summed E-state index contributed by atoms with van der Waals surface area (Å²) in [6.07, 6.45) is 5.19. The minimum atomic E-state index is -0.488. The number of fused-ring (bicyclic) bond motifs is 1. The van der Waals surface area contributed by atoms with Crippen LogP contribution < -0.4 is 10.1 Å². The van der Waals surface area contributed by atoms with E-state index in [-0.39, 0.29) is 6.09 Å². The number of hydrogen-bond acceptors (Lipinski definition) is 4. The number of rotatable bonds is 7. The van der Waals surface area contributed by atoms with Crippen molar-refractivity contribution in [2.75, 3.05) is 13.7 Å². The molecule has 2 heterocycles. The number of benzene rings is 1. The number of hydrogen-bond donors (Lipinski definition) is 1. The van der Waals surface area contributed by atoms with Gasteiger partial charge in [0.2, 0.25) is 0 Å². The lowest BCUT2D eigenvalue weighted by Gasteiger charge is -2.19. The van der Waals surface area contributed by atoms with Crippen molar-refractivity contribution in [1.29, 1.82) is 0 Å². The molecule has 0 bridgehead atoms. The summed E-state index contributed by atoms with van der Waals surface area (Å²) in [7, 11) is 1.66. The third kappa shape index (κ3) is 5.45. The predicted molar refractivity (Wildman–Crippen MR) is 120 cm³/mol. The van der Waals surface area contributed by atoms with E-state index >= 15 is 0 Å². The molecule has 1 amide bonds. The molecule has 7 heteroatoms. The zero-order chi connectivity index (χ0) is 21.7. The van der Waals surface area contributed by atoms with Crippen LogP contribution in [0.1, 0.15) is 33.6 Å². The lowest BCUT2D eigenvalue weighted by Crippen LogP contribution is -2.33. The van der Waals surface area contributed by atoms with Crippen LogP contribution in [0.2, 0.25) is 5.15 Å². The van der Waals surface area contributed by atoms with Crippen molar-refractivity contribution in [3.05, 3.63) is 47.9 Å². The summed E-state index contributed by atoms with van der Waals surface area (Å²) in [5, 5.41) is 4.21. The Balaban J connectivity index is 1.71. The molecule has 0 saturated carbocycles. The first-order valence-corrected chi connectivity index (χ1v) is 10.4. The molecule has 1 aromatic carbocycles. The molecule has 1 N–H and O–H groups in total. The van der Waals surface area contributed by atoms with Crippen LogP contribution in [0.3, 0.4) is 0 Å². The van der Waals surface area contributed by atoms with Gasteiger partial charge in [0.1, 0.15) is 16.5 Å². The van der Waals surface area contributed by atoms with Gasteiger partial charge in [0.25, 0.3) is 0 Å². The normalized spacial score (nSPS) is 11.5. The maximum atomic E-state index is 11.7. The van der Waals surface area contributed by atoms with E-state index in [1.165, 1.54) is 0 Å². The third-order valence-electron chi connectivity index (χ3n) is 4.62. The molecule has 0 spiro atoms. The molecule has 0 aliphatic heterocycles. The lowest BCUT2D eigenvalue weighted by atomic mass is 10.1. The van der Waals surface area contributed by atoms with E-state index in [4.69, 9.17) is 21.1 Å². The molecule has 0 atom stereocenters. The molecule has 6 nitrogen and oxygen atoms in total. The second-order valence-corrected chi connectivity index (χ2v) is 8.46. The largest absolute Gasteiger partial charge is 0.497 e. The summed E-state index contributed by atoms with van der Waals surface area (Å²) in [4.78, 5) is 16.0. The maximum Gasteiger partial charge on any atom is 0.407 e. The van der Waals surface area contributed by atoms with E-state index in [9.17, 15) is 4.79 Å². The average Bonchev–Trinajstić information content (AvgIpc) is 3.06. The average molecular weight is 430 g/mol. The summed E-state index contributed by atoms with van der Waals surface area (Å²) < 4.78 is 12.8. The molecule has 0 fully saturated rings. The number of methoxy groups -OCH3 is 1. The van der Waals surface area contributed by atoms with Crippen LogP contribution in [0.25, 0.3) is 22.0 Å². The maximum absolute atomic E-state index is 11.7. The molecule has 30 heavy (non-hydrogen) atoms. The third-order valence-corrected chi connectivity index (χ3v) is 4.91. The van der Waals surface area contributed by atoms with Gasteiger partial charge in [-0.25, -0.2) is 9.78 Å². The number of carbonyl (C=O) groups is 1. The molecule has 0 saturated heterocycles. The predicted octanol–water partition coefficient (Wildman–Crippen LogP) is 5.67. The fourth-order valence-electron chi connectivity index (χ4n) is 3.31. The van der Waals surface area contributed by atoms with Gasteiger partial charge in [-0.2, -0.15) is 0 Å². The molecular formula is C23H28ClN3O3. The number of halogens is 1. The topological polar surface area (TPSA) is 65.4 Å². The van der Waals surface area contributed by atoms with Crippen molar-refractivity contribution in [2.24, 2.45) is 0 Å². The standard InChI is InChI=1S/C23H28ClN3O3/c1-23(2,3)30-22(28)26-11-5-6-13-27-15-18(16-8-7-9-17(14-16)29-4)20-19(27)10-12-25-21(20)24/h7-10,12,14-15H,5-6,11,13H2,1-4H3,(H,26,28). The van der Waals surface area contributed by atoms with Crippen molar-refractivity contribution < 1.29 is 14.3 Å². The number of nitrogens with one attached hydrogen (secondary N) is 1. The second kappa shape index (κ2) is 9.39.